The standard InChI is InChI=1S/C19H31N5O.HI/c1-5-20-19(22-14-17-7-6-12-24(17)4)21-13-15-8-10-16(11-9-15)18(25)23(2)3;/h8-11,17H,5-7,12-14H2,1-4H3,(H2,20,21,22);1H. The van der Waals surface area contributed by atoms with Crippen molar-refractivity contribution in [2.24, 2.45) is 4.99 Å². The smallest absolute Gasteiger partial charge is 0.253 e. The van der Waals surface area contributed by atoms with Crippen LogP contribution in [0, 0.1) is 0 Å². The Morgan fingerprint density at radius 2 is 1.96 bits per heavy atom. The van der Waals surface area contributed by atoms with Gasteiger partial charge in [0.15, 0.2) is 5.96 Å². The van der Waals surface area contributed by atoms with Gasteiger partial charge in [0.25, 0.3) is 5.91 Å². The Labute approximate surface area is 174 Å². The third kappa shape index (κ3) is 6.75. The maximum Gasteiger partial charge on any atom is 0.253 e. The van der Waals surface area contributed by atoms with Gasteiger partial charge in [0.05, 0.1) is 6.54 Å². The molecule has 2 rings (SSSR count). The van der Waals surface area contributed by atoms with Crippen LogP contribution in [0.1, 0.15) is 35.7 Å². The van der Waals surface area contributed by atoms with E-state index < -0.39 is 0 Å². The number of rotatable bonds is 6. The molecule has 26 heavy (non-hydrogen) atoms. The number of aliphatic imine (C=N–C) groups is 1. The number of guanidine groups is 1. The van der Waals surface area contributed by atoms with Crippen LogP contribution in [0.15, 0.2) is 29.3 Å². The van der Waals surface area contributed by atoms with E-state index in [0.717, 1.165) is 24.6 Å². The summed E-state index contributed by atoms with van der Waals surface area (Å²) >= 11 is 0. The Balaban J connectivity index is 0.00000338. The zero-order chi connectivity index (χ0) is 18.2. The monoisotopic (exact) mass is 473 g/mol. The lowest BCUT2D eigenvalue weighted by molar-refractivity contribution is 0.0827. The van der Waals surface area contributed by atoms with Crippen LogP contribution < -0.4 is 10.6 Å². The van der Waals surface area contributed by atoms with E-state index in [-0.39, 0.29) is 29.9 Å². The second-order valence-electron chi connectivity index (χ2n) is 6.75. The van der Waals surface area contributed by atoms with E-state index in [4.69, 9.17) is 0 Å². The number of likely N-dealkylation sites (tertiary alicyclic amines) is 1. The fourth-order valence-corrected chi connectivity index (χ4v) is 2.97. The molecule has 1 aromatic rings. The predicted octanol–water partition coefficient (Wildman–Crippen LogP) is 2.16. The number of carbonyl (C=O) groups excluding carboxylic acids is 1. The first-order valence-corrected chi connectivity index (χ1v) is 9.04. The summed E-state index contributed by atoms with van der Waals surface area (Å²) in [5.74, 6) is 0.863. The molecule has 1 aliphatic heterocycles. The molecule has 0 bridgehead atoms. The van der Waals surface area contributed by atoms with E-state index in [1.54, 1.807) is 19.0 Å². The lowest BCUT2D eigenvalue weighted by atomic mass is 10.1. The van der Waals surface area contributed by atoms with Gasteiger partial charge in [-0.05, 0) is 51.1 Å². The average Bonchev–Trinajstić information content (AvgIpc) is 3.02. The van der Waals surface area contributed by atoms with Crippen molar-refractivity contribution in [3.63, 3.8) is 0 Å². The zero-order valence-electron chi connectivity index (χ0n) is 16.3. The normalized spacial score (nSPS) is 17.5. The third-order valence-electron chi connectivity index (χ3n) is 4.55. The molecule has 1 atom stereocenters. The molecule has 0 saturated carbocycles. The van der Waals surface area contributed by atoms with Crippen LogP contribution in [0.3, 0.4) is 0 Å². The number of hydrogen-bond donors (Lipinski definition) is 2. The zero-order valence-corrected chi connectivity index (χ0v) is 18.6. The van der Waals surface area contributed by atoms with Crippen molar-refractivity contribution in [2.45, 2.75) is 32.4 Å². The number of halogens is 1. The Hall–Kier alpha value is -1.35. The molecule has 0 radical (unpaired) electrons. The van der Waals surface area contributed by atoms with Crippen LogP contribution in [0.25, 0.3) is 0 Å². The van der Waals surface area contributed by atoms with Crippen LogP contribution in [0.5, 0.6) is 0 Å². The van der Waals surface area contributed by atoms with Gasteiger partial charge in [-0.3, -0.25) is 4.79 Å². The first kappa shape index (κ1) is 22.7. The quantitative estimate of drug-likeness (QED) is 0.378. The Morgan fingerprint density at radius 3 is 2.50 bits per heavy atom. The molecule has 1 fully saturated rings. The number of likely N-dealkylation sites (N-methyl/N-ethyl adjacent to an activating group) is 1. The largest absolute Gasteiger partial charge is 0.357 e. The van der Waals surface area contributed by atoms with Crippen molar-refractivity contribution in [3.05, 3.63) is 35.4 Å². The third-order valence-corrected chi connectivity index (χ3v) is 4.55. The highest BCUT2D eigenvalue weighted by Gasteiger charge is 2.20. The average molecular weight is 473 g/mol. The summed E-state index contributed by atoms with van der Waals surface area (Å²) in [4.78, 5) is 20.6. The summed E-state index contributed by atoms with van der Waals surface area (Å²) in [5.41, 5.74) is 1.79. The number of hydrogen-bond acceptors (Lipinski definition) is 3. The highest BCUT2D eigenvalue weighted by molar-refractivity contribution is 14.0. The minimum Gasteiger partial charge on any atom is -0.357 e. The first-order valence-electron chi connectivity index (χ1n) is 9.04. The molecular weight excluding hydrogens is 441 g/mol. The summed E-state index contributed by atoms with van der Waals surface area (Å²) in [6.45, 7) is 5.59. The molecule has 0 spiro atoms. The summed E-state index contributed by atoms with van der Waals surface area (Å²) in [5, 5.41) is 6.74. The van der Waals surface area contributed by atoms with Gasteiger partial charge < -0.3 is 20.4 Å². The molecule has 0 aromatic heterocycles. The van der Waals surface area contributed by atoms with E-state index in [2.05, 4.69) is 34.5 Å². The van der Waals surface area contributed by atoms with Gasteiger partial charge >= 0.3 is 0 Å². The van der Waals surface area contributed by atoms with Crippen molar-refractivity contribution >= 4 is 35.8 Å². The highest BCUT2D eigenvalue weighted by atomic mass is 127. The molecule has 0 aliphatic carbocycles. The van der Waals surface area contributed by atoms with Crippen molar-refractivity contribution in [2.75, 3.05) is 40.8 Å². The first-order chi connectivity index (χ1) is 12.0. The number of nitrogens with zero attached hydrogens (tertiary/aromatic N) is 3. The number of carbonyl (C=O) groups is 1. The van der Waals surface area contributed by atoms with Gasteiger partial charge in [-0.1, -0.05) is 12.1 Å². The van der Waals surface area contributed by atoms with Gasteiger partial charge in [-0.15, -0.1) is 24.0 Å². The topological polar surface area (TPSA) is 60.0 Å². The van der Waals surface area contributed by atoms with E-state index >= 15 is 0 Å². The fourth-order valence-electron chi connectivity index (χ4n) is 2.97. The van der Waals surface area contributed by atoms with Crippen molar-refractivity contribution in [1.82, 2.24) is 20.4 Å². The maximum atomic E-state index is 11.9. The molecule has 2 N–H and O–H groups in total. The van der Waals surface area contributed by atoms with E-state index in [9.17, 15) is 4.79 Å². The fraction of sp³-hybridized carbons (Fsp3) is 0.579. The van der Waals surface area contributed by atoms with Gasteiger partial charge in [0, 0.05) is 38.8 Å². The van der Waals surface area contributed by atoms with E-state index in [1.807, 2.05) is 24.3 Å². The molecular formula is C19H32IN5O. The highest BCUT2D eigenvalue weighted by Crippen LogP contribution is 2.13. The van der Waals surface area contributed by atoms with Crippen LogP contribution >= 0.6 is 24.0 Å². The summed E-state index contributed by atoms with van der Waals surface area (Å²) < 4.78 is 0. The van der Waals surface area contributed by atoms with Gasteiger partial charge in [0.1, 0.15) is 0 Å². The lowest BCUT2D eigenvalue weighted by Gasteiger charge is -2.21. The molecule has 7 heteroatoms. The van der Waals surface area contributed by atoms with Crippen LogP contribution in [0.4, 0.5) is 0 Å². The number of nitrogens with one attached hydrogen (secondary N) is 2. The molecule has 1 aliphatic rings. The molecule has 146 valence electrons. The SMILES string of the molecule is CCNC(=NCc1ccc(C(=O)N(C)C)cc1)NCC1CCCN1C.I. The second-order valence-corrected chi connectivity index (χ2v) is 6.75. The lowest BCUT2D eigenvalue weighted by Crippen LogP contribution is -2.44. The Bertz CT molecular complexity index is 588. The molecule has 1 unspecified atom stereocenters. The molecule has 1 aromatic carbocycles. The Morgan fingerprint density at radius 1 is 1.27 bits per heavy atom. The van der Waals surface area contributed by atoms with Crippen LogP contribution in [-0.4, -0.2) is 68.5 Å². The molecule has 1 amide bonds. The molecule has 6 nitrogen and oxygen atoms in total. The Kier molecular flexibility index (Phi) is 9.93. The summed E-state index contributed by atoms with van der Waals surface area (Å²) in [6.07, 6.45) is 2.51. The minimum absolute atomic E-state index is 0. The molecule has 1 saturated heterocycles. The van der Waals surface area contributed by atoms with Gasteiger partial charge in [0.2, 0.25) is 0 Å². The molecule has 1 heterocycles. The van der Waals surface area contributed by atoms with Crippen molar-refractivity contribution in [1.29, 1.82) is 0 Å². The van der Waals surface area contributed by atoms with E-state index in [0.29, 0.717) is 18.2 Å². The number of amides is 1. The summed E-state index contributed by atoms with van der Waals surface area (Å²) in [6, 6.07) is 8.24. The van der Waals surface area contributed by atoms with E-state index in [1.165, 1.54) is 19.4 Å². The van der Waals surface area contributed by atoms with Crippen molar-refractivity contribution in [3.8, 4) is 0 Å². The summed E-state index contributed by atoms with van der Waals surface area (Å²) in [7, 11) is 5.70. The minimum atomic E-state index is 0. The number of benzene rings is 1. The van der Waals surface area contributed by atoms with Gasteiger partial charge in [-0.25, -0.2) is 4.99 Å². The van der Waals surface area contributed by atoms with Crippen LogP contribution in [-0.2, 0) is 6.54 Å². The van der Waals surface area contributed by atoms with Crippen LogP contribution in [0.2, 0.25) is 0 Å². The second kappa shape index (κ2) is 11.4. The van der Waals surface area contributed by atoms with Crippen molar-refractivity contribution < 1.29 is 4.79 Å². The maximum absolute atomic E-state index is 11.9. The predicted molar refractivity (Wildman–Crippen MR) is 118 cm³/mol. The van der Waals surface area contributed by atoms with Gasteiger partial charge in [-0.2, -0.15) is 0 Å².